The Labute approximate surface area is 231 Å². The number of aromatic nitrogens is 2. The van der Waals surface area contributed by atoms with Gasteiger partial charge in [-0.2, -0.15) is 5.10 Å². The predicted octanol–water partition coefficient (Wildman–Crippen LogP) is 5.70. The molecule has 3 heterocycles. The Balaban J connectivity index is 1.69. The van der Waals surface area contributed by atoms with Gasteiger partial charge in [-0.05, 0) is 48.4 Å². The van der Waals surface area contributed by atoms with Gasteiger partial charge in [0.1, 0.15) is 23.9 Å². The van der Waals surface area contributed by atoms with Gasteiger partial charge in [-0.3, -0.25) is 14.5 Å². The van der Waals surface area contributed by atoms with Crippen LogP contribution in [0.3, 0.4) is 0 Å². The number of furan rings is 1. The SMILES string of the molecule is Cc1ccccc1-n1nc(C(C)(C)C)c2c1N(CC(=O)NCc1ccco1)C(=O)CS[C@@H]2c1cccc(F)c1. The van der Waals surface area contributed by atoms with E-state index in [1.54, 1.807) is 29.1 Å². The highest BCUT2D eigenvalue weighted by molar-refractivity contribution is 8.00. The number of para-hydroxylation sites is 1. The van der Waals surface area contributed by atoms with Crippen LogP contribution in [0.4, 0.5) is 10.2 Å². The number of amides is 2. The molecule has 0 radical (unpaired) electrons. The van der Waals surface area contributed by atoms with Crippen LogP contribution in [0.25, 0.3) is 5.69 Å². The molecular formula is C30H31FN4O3S. The molecular weight excluding hydrogens is 515 g/mol. The molecule has 0 spiro atoms. The molecule has 0 saturated carbocycles. The number of hydrogen-bond donors (Lipinski definition) is 1. The van der Waals surface area contributed by atoms with E-state index in [0.29, 0.717) is 11.6 Å². The lowest BCUT2D eigenvalue weighted by atomic mass is 9.87. The van der Waals surface area contributed by atoms with E-state index in [4.69, 9.17) is 9.52 Å². The summed E-state index contributed by atoms with van der Waals surface area (Å²) < 4.78 is 21.5. The third kappa shape index (κ3) is 5.49. The van der Waals surface area contributed by atoms with Crippen LogP contribution in [0.2, 0.25) is 0 Å². The summed E-state index contributed by atoms with van der Waals surface area (Å²) in [5, 5.41) is 7.57. The molecule has 1 aliphatic rings. The van der Waals surface area contributed by atoms with Gasteiger partial charge in [-0.1, -0.05) is 51.1 Å². The number of thioether (sulfide) groups is 1. The van der Waals surface area contributed by atoms with Crippen molar-refractivity contribution in [2.24, 2.45) is 0 Å². The van der Waals surface area contributed by atoms with E-state index in [1.165, 1.54) is 28.8 Å². The quantitative estimate of drug-likeness (QED) is 0.336. The van der Waals surface area contributed by atoms with Crippen molar-refractivity contribution < 1.29 is 18.4 Å². The average Bonchev–Trinajstić information content (AvgIpc) is 3.52. The predicted molar refractivity (Wildman–Crippen MR) is 151 cm³/mol. The van der Waals surface area contributed by atoms with Crippen molar-refractivity contribution in [1.82, 2.24) is 15.1 Å². The summed E-state index contributed by atoms with van der Waals surface area (Å²) in [5.74, 6) is 0.388. The molecule has 2 amide bonds. The van der Waals surface area contributed by atoms with Crippen LogP contribution in [-0.2, 0) is 21.5 Å². The summed E-state index contributed by atoms with van der Waals surface area (Å²) in [6.07, 6.45) is 1.55. The molecule has 0 fully saturated rings. The van der Waals surface area contributed by atoms with Crippen molar-refractivity contribution in [1.29, 1.82) is 0 Å². The van der Waals surface area contributed by atoms with Crippen LogP contribution in [-0.4, -0.2) is 33.9 Å². The van der Waals surface area contributed by atoms with Crippen LogP contribution in [0, 0.1) is 12.7 Å². The van der Waals surface area contributed by atoms with E-state index >= 15 is 0 Å². The fourth-order valence-corrected chi connectivity index (χ4v) is 5.96. The van der Waals surface area contributed by atoms with Crippen LogP contribution < -0.4 is 10.2 Å². The number of halogens is 1. The zero-order valence-corrected chi connectivity index (χ0v) is 23.2. The molecule has 9 heteroatoms. The van der Waals surface area contributed by atoms with Gasteiger partial charge in [-0.15, -0.1) is 11.8 Å². The molecule has 1 N–H and O–H groups in total. The summed E-state index contributed by atoms with van der Waals surface area (Å²) >= 11 is 1.42. The number of aryl methyl sites for hydroxylation is 1. The lowest BCUT2D eigenvalue weighted by Crippen LogP contribution is -2.42. The first-order valence-electron chi connectivity index (χ1n) is 12.8. The largest absolute Gasteiger partial charge is 0.467 e. The molecule has 0 aliphatic carbocycles. The van der Waals surface area contributed by atoms with Gasteiger partial charge in [-0.25, -0.2) is 9.07 Å². The minimum atomic E-state index is -0.398. The zero-order chi connectivity index (χ0) is 27.7. The van der Waals surface area contributed by atoms with Gasteiger partial charge in [0, 0.05) is 11.0 Å². The maximum atomic E-state index is 14.4. The molecule has 4 aromatic rings. The Morgan fingerprint density at radius 1 is 1.15 bits per heavy atom. The lowest BCUT2D eigenvalue weighted by molar-refractivity contribution is -0.123. The smallest absolute Gasteiger partial charge is 0.240 e. The van der Waals surface area contributed by atoms with Crippen LogP contribution in [0.5, 0.6) is 0 Å². The summed E-state index contributed by atoms with van der Waals surface area (Å²) in [6.45, 7) is 8.21. The number of nitrogens with one attached hydrogen (secondary N) is 1. The average molecular weight is 547 g/mol. The standard InChI is InChI=1S/C30H31FN4O3S/c1-19-9-5-6-13-23(19)35-29-26(28(33-35)30(2,3)4)27(20-10-7-11-21(31)15-20)39-18-25(37)34(29)17-24(36)32-16-22-12-8-14-38-22/h5-15,27H,16-18H2,1-4H3,(H,32,36)/t27-/m1/s1. The highest BCUT2D eigenvalue weighted by atomic mass is 32.2. The van der Waals surface area contributed by atoms with E-state index in [0.717, 1.165) is 28.1 Å². The maximum Gasteiger partial charge on any atom is 0.240 e. The summed E-state index contributed by atoms with van der Waals surface area (Å²) in [5.41, 5.74) is 3.72. The van der Waals surface area contributed by atoms with Gasteiger partial charge in [0.05, 0.1) is 35.2 Å². The lowest BCUT2D eigenvalue weighted by Gasteiger charge is -2.24. The first kappa shape index (κ1) is 26.7. The Kier molecular flexibility index (Phi) is 7.36. The van der Waals surface area contributed by atoms with Crippen LogP contribution in [0.15, 0.2) is 71.3 Å². The molecule has 7 nitrogen and oxygen atoms in total. The molecule has 0 unspecified atom stereocenters. The number of nitrogens with zero attached hydrogens (tertiary/aromatic N) is 3. The van der Waals surface area contributed by atoms with Gasteiger partial charge >= 0.3 is 0 Å². The monoisotopic (exact) mass is 546 g/mol. The molecule has 5 rings (SSSR count). The minimum absolute atomic E-state index is 0.124. The van der Waals surface area contributed by atoms with Crippen LogP contribution in [0.1, 0.15) is 54.2 Å². The fraction of sp³-hybridized carbons (Fsp3) is 0.300. The van der Waals surface area contributed by atoms with Crippen LogP contribution >= 0.6 is 11.8 Å². The number of hydrogen-bond acceptors (Lipinski definition) is 5. The normalized spacial score (nSPS) is 15.7. The summed E-state index contributed by atoms with van der Waals surface area (Å²) in [7, 11) is 0. The van der Waals surface area contributed by atoms with E-state index in [1.807, 2.05) is 37.3 Å². The van der Waals surface area contributed by atoms with Gasteiger partial charge in [0.2, 0.25) is 11.8 Å². The van der Waals surface area contributed by atoms with Crippen molar-refractivity contribution in [3.63, 3.8) is 0 Å². The first-order valence-corrected chi connectivity index (χ1v) is 13.8. The number of anilines is 1. The van der Waals surface area contributed by atoms with Gasteiger partial charge in [0.15, 0.2) is 0 Å². The molecule has 39 heavy (non-hydrogen) atoms. The van der Waals surface area contributed by atoms with E-state index in [9.17, 15) is 14.0 Å². The molecule has 0 bridgehead atoms. The van der Waals surface area contributed by atoms with Gasteiger partial charge in [0.25, 0.3) is 0 Å². The van der Waals surface area contributed by atoms with E-state index < -0.39 is 5.41 Å². The zero-order valence-electron chi connectivity index (χ0n) is 22.4. The molecule has 1 aliphatic heterocycles. The van der Waals surface area contributed by atoms with Crippen molar-refractivity contribution in [3.05, 3.63) is 101 Å². The third-order valence-electron chi connectivity index (χ3n) is 6.64. The summed E-state index contributed by atoms with van der Waals surface area (Å²) in [6, 6.07) is 17.8. The highest BCUT2D eigenvalue weighted by Gasteiger charge is 2.40. The van der Waals surface area contributed by atoms with E-state index in [-0.39, 0.29) is 41.7 Å². The second-order valence-corrected chi connectivity index (χ2v) is 11.7. The fourth-order valence-electron chi connectivity index (χ4n) is 4.77. The second kappa shape index (κ2) is 10.7. The van der Waals surface area contributed by atoms with E-state index in [2.05, 4.69) is 26.1 Å². The molecule has 2 aromatic heterocycles. The Morgan fingerprint density at radius 2 is 1.95 bits per heavy atom. The number of rotatable bonds is 6. The molecule has 2 aromatic carbocycles. The van der Waals surface area contributed by atoms with Crippen molar-refractivity contribution in [2.45, 2.75) is 44.9 Å². The Bertz CT molecular complexity index is 1510. The molecule has 0 saturated heterocycles. The number of carbonyl (C=O) groups excluding carboxylic acids is 2. The molecule has 202 valence electrons. The Hall–Kier alpha value is -3.85. The second-order valence-electron chi connectivity index (χ2n) is 10.6. The van der Waals surface area contributed by atoms with Crippen molar-refractivity contribution in [3.8, 4) is 5.69 Å². The Morgan fingerprint density at radius 3 is 2.64 bits per heavy atom. The summed E-state index contributed by atoms with van der Waals surface area (Å²) in [4.78, 5) is 28.4. The number of carbonyl (C=O) groups is 2. The third-order valence-corrected chi connectivity index (χ3v) is 7.89. The number of fused-ring (bicyclic) bond motifs is 1. The van der Waals surface area contributed by atoms with Crippen molar-refractivity contribution >= 4 is 29.4 Å². The topological polar surface area (TPSA) is 80.4 Å². The maximum absolute atomic E-state index is 14.4. The molecule has 1 atom stereocenters. The minimum Gasteiger partial charge on any atom is -0.467 e. The van der Waals surface area contributed by atoms with Gasteiger partial charge < -0.3 is 9.73 Å². The first-order chi connectivity index (χ1) is 18.6. The number of benzene rings is 2. The van der Waals surface area contributed by atoms with Crippen molar-refractivity contribution in [2.75, 3.05) is 17.2 Å². The highest BCUT2D eigenvalue weighted by Crippen LogP contribution is 2.48.